The van der Waals surface area contributed by atoms with Gasteiger partial charge in [0.15, 0.2) is 11.5 Å². The smallest absolute Gasteiger partial charge is 0.253 e. The molecular weight excluding hydrogens is 280 g/mol. The number of nitrogens with zero attached hydrogens (tertiary/aromatic N) is 1. The van der Waals surface area contributed by atoms with Gasteiger partial charge in [-0.1, -0.05) is 0 Å². The maximum absolute atomic E-state index is 12.3. The van der Waals surface area contributed by atoms with Gasteiger partial charge in [0.25, 0.3) is 5.91 Å². The minimum absolute atomic E-state index is 0.0116. The molecule has 114 valence electrons. The molecule has 1 aliphatic rings. The largest absolute Gasteiger partial charge is 0.493 e. The van der Waals surface area contributed by atoms with E-state index in [2.05, 4.69) is 10.3 Å². The van der Waals surface area contributed by atoms with Crippen molar-refractivity contribution in [2.75, 3.05) is 14.2 Å². The lowest BCUT2D eigenvalue weighted by Crippen LogP contribution is -2.27. The molecule has 1 heterocycles. The van der Waals surface area contributed by atoms with E-state index in [1.54, 1.807) is 38.7 Å². The minimum Gasteiger partial charge on any atom is -0.493 e. The maximum Gasteiger partial charge on any atom is 0.253 e. The van der Waals surface area contributed by atoms with Crippen molar-refractivity contribution in [1.29, 1.82) is 0 Å². The number of rotatable bonds is 4. The first-order chi connectivity index (χ1) is 10.7. The zero-order valence-electron chi connectivity index (χ0n) is 12.6. The highest BCUT2D eigenvalue weighted by atomic mass is 16.5. The fraction of sp³-hybridized carbons (Fsp3) is 0.294. The molecule has 2 aromatic rings. The molecule has 0 radical (unpaired) electrons. The van der Waals surface area contributed by atoms with Crippen molar-refractivity contribution < 1.29 is 14.3 Å². The molecule has 1 unspecified atom stereocenters. The van der Waals surface area contributed by atoms with Crippen molar-refractivity contribution in [1.82, 2.24) is 10.3 Å². The lowest BCUT2D eigenvalue weighted by atomic mass is 10.1. The van der Waals surface area contributed by atoms with Gasteiger partial charge >= 0.3 is 0 Å². The molecule has 1 aromatic carbocycles. The number of hydrogen-bond acceptors (Lipinski definition) is 4. The van der Waals surface area contributed by atoms with Gasteiger partial charge in [-0.15, -0.1) is 0 Å². The van der Waals surface area contributed by atoms with E-state index in [1.165, 1.54) is 5.56 Å². The van der Waals surface area contributed by atoms with E-state index in [-0.39, 0.29) is 11.9 Å². The van der Waals surface area contributed by atoms with Gasteiger partial charge in [0.1, 0.15) is 0 Å². The van der Waals surface area contributed by atoms with Crippen molar-refractivity contribution in [3.8, 4) is 11.5 Å². The molecule has 1 atom stereocenters. The van der Waals surface area contributed by atoms with Crippen molar-refractivity contribution in [3.05, 3.63) is 53.3 Å². The number of methoxy groups -OCH3 is 2. The number of pyridine rings is 1. The summed E-state index contributed by atoms with van der Waals surface area (Å²) in [6.45, 7) is 0. The van der Waals surface area contributed by atoms with Crippen molar-refractivity contribution in [2.24, 2.45) is 0 Å². The SMILES string of the molecule is COc1cc2c(cc1OC)C(NC(=O)c1cccnc1)CC2. The van der Waals surface area contributed by atoms with Gasteiger partial charge in [-0.2, -0.15) is 0 Å². The van der Waals surface area contributed by atoms with E-state index < -0.39 is 0 Å². The Kier molecular flexibility index (Phi) is 3.96. The van der Waals surface area contributed by atoms with E-state index in [0.29, 0.717) is 11.3 Å². The van der Waals surface area contributed by atoms with Crippen LogP contribution in [-0.2, 0) is 6.42 Å². The molecule has 1 amide bonds. The molecule has 5 nitrogen and oxygen atoms in total. The summed E-state index contributed by atoms with van der Waals surface area (Å²) in [6, 6.07) is 7.44. The molecule has 5 heteroatoms. The Morgan fingerprint density at radius 1 is 1.27 bits per heavy atom. The van der Waals surface area contributed by atoms with Gasteiger partial charge in [-0.3, -0.25) is 9.78 Å². The summed E-state index contributed by atoms with van der Waals surface area (Å²) >= 11 is 0. The molecule has 1 aliphatic carbocycles. The Morgan fingerprint density at radius 2 is 2.05 bits per heavy atom. The average Bonchev–Trinajstić information content (AvgIpc) is 2.96. The number of nitrogens with one attached hydrogen (secondary N) is 1. The minimum atomic E-state index is -0.110. The first kappa shape index (κ1) is 14.4. The molecule has 22 heavy (non-hydrogen) atoms. The third-order valence-corrected chi connectivity index (χ3v) is 3.95. The molecule has 0 bridgehead atoms. The van der Waals surface area contributed by atoms with Crippen molar-refractivity contribution >= 4 is 5.91 Å². The number of hydrogen-bond donors (Lipinski definition) is 1. The van der Waals surface area contributed by atoms with Gasteiger partial charge in [-0.25, -0.2) is 0 Å². The van der Waals surface area contributed by atoms with Crippen molar-refractivity contribution in [3.63, 3.8) is 0 Å². The van der Waals surface area contributed by atoms with Crippen LogP contribution >= 0.6 is 0 Å². The predicted octanol–water partition coefficient (Wildman–Crippen LogP) is 2.52. The third kappa shape index (κ3) is 2.62. The maximum atomic E-state index is 12.3. The number of benzene rings is 1. The van der Waals surface area contributed by atoms with Crippen LogP contribution in [0.2, 0.25) is 0 Å². The number of amides is 1. The average molecular weight is 298 g/mol. The van der Waals surface area contributed by atoms with Gasteiger partial charge in [0.05, 0.1) is 25.8 Å². The molecule has 1 aromatic heterocycles. The van der Waals surface area contributed by atoms with Crippen LogP contribution in [0.3, 0.4) is 0 Å². The molecule has 1 N–H and O–H groups in total. The molecule has 3 rings (SSSR count). The lowest BCUT2D eigenvalue weighted by molar-refractivity contribution is 0.0936. The summed E-state index contributed by atoms with van der Waals surface area (Å²) in [4.78, 5) is 16.3. The van der Waals surface area contributed by atoms with Gasteiger partial charge < -0.3 is 14.8 Å². The van der Waals surface area contributed by atoms with E-state index in [1.807, 2.05) is 12.1 Å². The normalized spacial score (nSPS) is 16.0. The second-order valence-electron chi connectivity index (χ2n) is 5.21. The Labute approximate surface area is 129 Å². The summed E-state index contributed by atoms with van der Waals surface area (Å²) in [7, 11) is 3.24. The quantitative estimate of drug-likeness (QED) is 0.942. The van der Waals surface area contributed by atoms with Gasteiger partial charge in [0, 0.05) is 12.4 Å². The predicted molar refractivity (Wildman–Crippen MR) is 82.3 cm³/mol. The number of carbonyl (C=O) groups excluding carboxylic acids is 1. The summed E-state index contributed by atoms with van der Waals surface area (Å²) in [5.74, 6) is 1.30. The second-order valence-corrected chi connectivity index (χ2v) is 5.21. The van der Waals surface area contributed by atoms with Crippen LogP contribution in [0.1, 0.15) is 33.9 Å². The van der Waals surface area contributed by atoms with Gasteiger partial charge in [0.2, 0.25) is 0 Å². The number of carbonyl (C=O) groups is 1. The topological polar surface area (TPSA) is 60.5 Å². The fourth-order valence-electron chi connectivity index (χ4n) is 2.82. The van der Waals surface area contributed by atoms with E-state index in [0.717, 1.165) is 24.2 Å². The van der Waals surface area contributed by atoms with E-state index in [4.69, 9.17) is 9.47 Å². The number of fused-ring (bicyclic) bond motifs is 1. The summed E-state index contributed by atoms with van der Waals surface area (Å²) < 4.78 is 10.7. The number of aryl methyl sites for hydroxylation is 1. The Bertz CT molecular complexity index is 686. The number of ether oxygens (including phenoxy) is 2. The Balaban J connectivity index is 1.84. The van der Waals surface area contributed by atoms with Crippen LogP contribution in [0.25, 0.3) is 0 Å². The fourth-order valence-corrected chi connectivity index (χ4v) is 2.82. The van der Waals surface area contributed by atoms with E-state index >= 15 is 0 Å². The van der Waals surface area contributed by atoms with E-state index in [9.17, 15) is 4.79 Å². The lowest BCUT2D eigenvalue weighted by Gasteiger charge is -2.16. The highest BCUT2D eigenvalue weighted by molar-refractivity contribution is 5.94. The monoisotopic (exact) mass is 298 g/mol. The molecule has 0 saturated carbocycles. The zero-order chi connectivity index (χ0) is 15.5. The zero-order valence-corrected chi connectivity index (χ0v) is 12.6. The second kappa shape index (κ2) is 6.05. The molecule has 0 saturated heterocycles. The first-order valence-electron chi connectivity index (χ1n) is 7.18. The molecule has 0 fully saturated rings. The van der Waals surface area contributed by atoms with Crippen LogP contribution in [0.4, 0.5) is 0 Å². The van der Waals surface area contributed by atoms with Crippen LogP contribution in [0, 0.1) is 0 Å². The van der Waals surface area contributed by atoms with Crippen LogP contribution in [0.5, 0.6) is 11.5 Å². The van der Waals surface area contributed by atoms with Crippen LogP contribution in [0.15, 0.2) is 36.7 Å². The molecule has 0 aliphatic heterocycles. The summed E-state index contributed by atoms with van der Waals surface area (Å²) in [6.07, 6.45) is 5.00. The number of aromatic nitrogens is 1. The van der Waals surface area contributed by atoms with Crippen molar-refractivity contribution in [2.45, 2.75) is 18.9 Å². The standard InChI is InChI=1S/C17H18N2O3/c1-21-15-8-11-5-6-14(13(11)9-16(15)22-2)19-17(20)12-4-3-7-18-10-12/h3-4,7-10,14H,5-6H2,1-2H3,(H,19,20). The Morgan fingerprint density at radius 3 is 2.73 bits per heavy atom. The van der Waals surface area contributed by atoms with Crippen LogP contribution < -0.4 is 14.8 Å². The first-order valence-corrected chi connectivity index (χ1v) is 7.18. The van der Waals surface area contributed by atoms with Crippen LogP contribution in [-0.4, -0.2) is 25.1 Å². The van der Waals surface area contributed by atoms with Gasteiger partial charge in [-0.05, 0) is 48.2 Å². The highest BCUT2D eigenvalue weighted by Crippen LogP contribution is 2.39. The third-order valence-electron chi connectivity index (χ3n) is 3.95. The summed E-state index contributed by atoms with van der Waals surface area (Å²) in [5, 5.41) is 3.06. The highest BCUT2D eigenvalue weighted by Gasteiger charge is 2.26. The Hall–Kier alpha value is -2.56. The summed E-state index contributed by atoms with van der Waals surface area (Å²) in [5.41, 5.74) is 2.85. The molecule has 0 spiro atoms. The molecular formula is C17H18N2O3.